The maximum atomic E-state index is 12.8. The van der Waals surface area contributed by atoms with Crippen molar-refractivity contribution < 1.29 is 27.4 Å². The summed E-state index contributed by atoms with van der Waals surface area (Å²) in [5, 5.41) is 0. The van der Waals surface area contributed by atoms with E-state index >= 15 is 0 Å². The lowest BCUT2D eigenvalue weighted by Gasteiger charge is -2.32. The number of anilines is 1. The van der Waals surface area contributed by atoms with Crippen LogP contribution in [0.1, 0.15) is 23.1 Å². The summed E-state index contributed by atoms with van der Waals surface area (Å²) < 4.78 is 49.0. The normalized spacial score (nSPS) is 19.8. The molecule has 29 heavy (non-hydrogen) atoms. The van der Waals surface area contributed by atoms with Crippen molar-refractivity contribution in [2.75, 3.05) is 25.2 Å². The lowest BCUT2D eigenvalue weighted by Crippen LogP contribution is -2.40. The van der Waals surface area contributed by atoms with Crippen molar-refractivity contribution in [1.29, 1.82) is 0 Å². The molecule has 4 rings (SSSR count). The highest BCUT2D eigenvalue weighted by Crippen LogP contribution is 2.34. The highest BCUT2D eigenvalue weighted by Gasteiger charge is 2.37. The topological polar surface area (TPSA) is 42.0 Å². The number of fused-ring (bicyclic) bond motifs is 3. The molecule has 2 aliphatic rings. The molecule has 2 aliphatic heterocycles. The molecule has 0 spiro atoms. The summed E-state index contributed by atoms with van der Waals surface area (Å²) in [6, 6.07) is 10.8. The number of hydrogen-bond donors (Lipinski definition) is 0. The minimum atomic E-state index is -4.34. The Morgan fingerprint density at radius 1 is 1.17 bits per heavy atom. The Kier molecular flexibility index (Phi) is 5.12. The highest BCUT2D eigenvalue weighted by molar-refractivity contribution is 5.91. The molecule has 0 radical (unpaired) electrons. The number of amides is 1. The molecule has 0 aromatic heterocycles. The number of hydrogen-bond acceptors (Lipinski definition) is 4. The quantitative estimate of drug-likeness (QED) is 0.756. The maximum Gasteiger partial charge on any atom is 0.416 e. The molecule has 0 aliphatic carbocycles. The van der Waals surface area contributed by atoms with E-state index in [0.717, 1.165) is 35.4 Å². The lowest BCUT2D eigenvalue weighted by molar-refractivity contribution is -0.137. The summed E-state index contributed by atoms with van der Waals surface area (Å²) in [7, 11) is 1.58. The average Bonchev–Trinajstić information content (AvgIpc) is 3.04. The fourth-order valence-corrected chi connectivity index (χ4v) is 3.86. The van der Waals surface area contributed by atoms with Crippen LogP contribution in [-0.4, -0.2) is 37.3 Å². The van der Waals surface area contributed by atoms with Gasteiger partial charge < -0.3 is 9.47 Å². The van der Waals surface area contributed by atoms with Crippen LogP contribution >= 0.6 is 0 Å². The van der Waals surface area contributed by atoms with Crippen LogP contribution in [0.4, 0.5) is 23.7 Å². The summed E-state index contributed by atoms with van der Waals surface area (Å²) in [4.78, 5) is 16.1. The molecule has 8 heteroatoms. The monoisotopic (exact) mass is 406 g/mol. The first-order valence-corrected chi connectivity index (χ1v) is 9.36. The van der Waals surface area contributed by atoms with Gasteiger partial charge in [0.05, 0.1) is 24.4 Å². The fourth-order valence-electron chi connectivity index (χ4n) is 3.86. The molecule has 1 amide bonds. The molecular weight excluding hydrogens is 385 g/mol. The zero-order valence-electron chi connectivity index (χ0n) is 15.9. The summed E-state index contributed by atoms with van der Waals surface area (Å²) in [6.07, 6.45) is -3.97. The van der Waals surface area contributed by atoms with Gasteiger partial charge in [-0.1, -0.05) is 12.1 Å². The van der Waals surface area contributed by atoms with E-state index in [-0.39, 0.29) is 12.1 Å². The van der Waals surface area contributed by atoms with E-state index in [1.807, 2.05) is 18.2 Å². The third kappa shape index (κ3) is 4.03. The van der Waals surface area contributed by atoms with Crippen LogP contribution in [0.25, 0.3) is 0 Å². The molecule has 0 bridgehead atoms. The molecule has 2 heterocycles. The average molecular weight is 406 g/mol. The predicted molar refractivity (Wildman–Crippen MR) is 101 cm³/mol. The summed E-state index contributed by atoms with van der Waals surface area (Å²) in [5.41, 5.74) is 1.86. The van der Waals surface area contributed by atoms with E-state index in [1.165, 1.54) is 12.1 Å². The molecule has 2 aromatic carbocycles. The van der Waals surface area contributed by atoms with Gasteiger partial charge in [0.25, 0.3) is 0 Å². The van der Waals surface area contributed by atoms with Crippen molar-refractivity contribution in [2.24, 2.45) is 0 Å². The van der Waals surface area contributed by atoms with E-state index in [1.54, 1.807) is 12.0 Å². The minimum absolute atomic E-state index is 0.0648. The molecule has 5 nitrogen and oxygen atoms in total. The molecule has 1 saturated heterocycles. The van der Waals surface area contributed by atoms with E-state index in [2.05, 4.69) is 4.90 Å². The van der Waals surface area contributed by atoms with Crippen LogP contribution < -0.4 is 9.64 Å². The maximum absolute atomic E-state index is 12.8. The number of carbonyl (C=O) groups is 1. The Morgan fingerprint density at radius 2 is 1.93 bits per heavy atom. The molecule has 0 saturated carbocycles. The number of nitrogens with zero attached hydrogens (tertiary/aromatic N) is 2. The van der Waals surface area contributed by atoms with E-state index in [0.29, 0.717) is 32.0 Å². The smallest absolute Gasteiger partial charge is 0.416 e. The van der Waals surface area contributed by atoms with Crippen molar-refractivity contribution in [1.82, 2.24) is 4.90 Å². The van der Waals surface area contributed by atoms with Gasteiger partial charge in [-0.25, -0.2) is 4.79 Å². The third-order valence-electron chi connectivity index (χ3n) is 5.37. The Hall–Kier alpha value is -2.74. The molecule has 1 unspecified atom stereocenters. The standard InChI is InChI=1S/C21H21F3N2O3/c1-28-18-6-7-19-15(10-18)12-25(9-8-17-13-29-20(27)26(17)19)11-14-2-4-16(5-3-14)21(22,23)24/h2-7,10,17H,8-9,11-13H2,1H3. The molecule has 1 atom stereocenters. The van der Waals surface area contributed by atoms with Crippen LogP contribution in [-0.2, 0) is 24.0 Å². The fraction of sp³-hybridized carbons (Fsp3) is 0.381. The van der Waals surface area contributed by atoms with Crippen molar-refractivity contribution in [3.63, 3.8) is 0 Å². The Balaban J connectivity index is 1.60. The molecule has 154 valence electrons. The molecule has 1 fully saturated rings. The van der Waals surface area contributed by atoms with Gasteiger partial charge in [0.15, 0.2) is 0 Å². The Morgan fingerprint density at radius 3 is 2.62 bits per heavy atom. The largest absolute Gasteiger partial charge is 0.497 e. The highest BCUT2D eigenvalue weighted by atomic mass is 19.4. The van der Waals surface area contributed by atoms with Gasteiger partial charge in [-0.15, -0.1) is 0 Å². The first-order valence-electron chi connectivity index (χ1n) is 9.36. The Labute approximate surface area is 166 Å². The first kappa shape index (κ1) is 19.6. The summed E-state index contributed by atoms with van der Waals surface area (Å²) >= 11 is 0. The predicted octanol–water partition coefficient (Wildman–Crippen LogP) is 4.45. The van der Waals surface area contributed by atoms with Gasteiger partial charge in [0, 0.05) is 19.6 Å². The van der Waals surface area contributed by atoms with Crippen LogP contribution in [0.3, 0.4) is 0 Å². The molecule has 0 N–H and O–H groups in total. The number of methoxy groups -OCH3 is 1. The van der Waals surface area contributed by atoms with Crippen LogP contribution in [0.5, 0.6) is 5.75 Å². The van der Waals surface area contributed by atoms with Gasteiger partial charge in [0.1, 0.15) is 12.4 Å². The van der Waals surface area contributed by atoms with Gasteiger partial charge in [-0.05, 0) is 47.9 Å². The molecular formula is C21H21F3N2O3. The lowest BCUT2D eigenvalue weighted by atomic mass is 10.0. The zero-order chi connectivity index (χ0) is 20.6. The van der Waals surface area contributed by atoms with Crippen molar-refractivity contribution >= 4 is 11.8 Å². The van der Waals surface area contributed by atoms with E-state index in [9.17, 15) is 18.0 Å². The number of carbonyl (C=O) groups excluding carboxylic acids is 1. The van der Waals surface area contributed by atoms with Crippen LogP contribution in [0.15, 0.2) is 42.5 Å². The number of rotatable bonds is 3. The second kappa shape index (κ2) is 7.59. The number of benzene rings is 2. The molecule has 2 aromatic rings. The minimum Gasteiger partial charge on any atom is -0.497 e. The van der Waals surface area contributed by atoms with Crippen molar-refractivity contribution in [2.45, 2.75) is 31.7 Å². The van der Waals surface area contributed by atoms with Gasteiger partial charge in [-0.3, -0.25) is 9.80 Å². The summed E-state index contributed by atoms with van der Waals surface area (Å²) in [5.74, 6) is 0.683. The van der Waals surface area contributed by atoms with Gasteiger partial charge in [-0.2, -0.15) is 13.2 Å². The summed E-state index contributed by atoms with van der Waals surface area (Å²) in [6.45, 7) is 2.08. The number of halogens is 3. The first-order chi connectivity index (χ1) is 13.8. The van der Waals surface area contributed by atoms with Crippen molar-refractivity contribution in [3.8, 4) is 5.75 Å². The SMILES string of the molecule is COc1ccc2c(c1)CN(Cc1ccc(C(F)(F)F)cc1)CCC1COC(=O)N21. The van der Waals surface area contributed by atoms with E-state index < -0.39 is 11.7 Å². The number of alkyl halides is 3. The van der Waals surface area contributed by atoms with Crippen LogP contribution in [0.2, 0.25) is 0 Å². The van der Waals surface area contributed by atoms with Gasteiger partial charge >= 0.3 is 12.3 Å². The number of cyclic esters (lactones) is 1. The van der Waals surface area contributed by atoms with Gasteiger partial charge in [0.2, 0.25) is 0 Å². The van der Waals surface area contributed by atoms with Crippen molar-refractivity contribution in [3.05, 3.63) is 59.2 Å². The second-order valence-corrected chi connectivity index (χ2v) is 7.29. The van der Waals surface area contributed by atoms with Crippen LogP contribution in [0, 0.1) is 0 Å². The Bertz CT molecular complexity index is 899. The number of ether oxygens (including phenoxy) is 2. The zero-order valence-corrected chi connectivity index (χ0v) is 15.9. The second-order valence-electron chi connectivity index (χ2n) is 7.29. The van der Waals surface area contributed by atoms with E-state index in [4.69, 9.17) is 9.47 Å². The third-order valence-corrected chi connectivity index (χ3v) is 5.37.